The predicted octanol–water partition coefficient (Wildman–Crippen LogP) is 9.05. The van der Waals surface area contributed by atoms with Crippen molar-refractivity contribution in [1.29, 1.82) is 0 Å². The largest absolute Gasteiger partial charge is 0.486 e. The van der Waals surface area contributed by atoms with Gasteiger partial charge in [0.2, 0.25) is 0 Å². The van der Waals surface area contributed by atoms with E-state index < -0.39 is 15.8 Å². The van der Waals surface area contributed by atoms with Crippen LogP contribution in [-0.2, 0) is 23.0 Å². The summed E-state index contributed by atoms with van der Waals surface area (Å²) in [5.74, 6) is 1.49. The standard InChI is InChI=1S/C37H28Cl2N2O6S/c1-48(44,45)32-17-15-31(16-18-32)47-30-13-8-26(9-14-30)25-6-11-29(12-7-25)46-23-36-40-35(33-19-10-28(38)20-34(33)39)22-41(36)21-24-2-4-27(5-3-24)37(42)43/h2-20,22H,21,23H2,1H3,(H,42,43). The van der Waals surface area contributed by atoms with Gasteiger partial charge in [0.1, 0.15) is 29.7 Å². The first-order valence-electron chi connectivity index (χ1n) is 14.7. The van der Waals surface area contributed by atoms with Crippen molar-refractivity contribution in [2.75, 3.05) is 6.26 Å². The van der Waals surface area contributed by atoms with Crippen molar-refractivity contribution in [3.63, 3.8) is 0 Å². The van der Waals surface area contributed by atoms with E-state index in [1.54, 1.807) is 48.5 Å². The Morgan fingerprint density at radius 3 is 1.94 bits per heavy atom. The Kier molecular flexibility index (Phi) is 9.54. The third kappa shape index (κ3) is 7.88. The Hall–Kier alpha value is -5.09. The van der Waals surface area contributed by atoms with E-state index in [0.29, 0.717) is 45.4 Å². The quantitative estimate of drug-likeness (QED) is 0.144. The molecule has 0 unspecified atom stereocenters. The number of aromatic nitrogens is 2. The van der Waals surface area contributed by atoms with Crippen LogP contribution < -0.4 is 9.47 Å². The van der Waals surface area contributed by atoms with Crippen molar-refractivity contribution >= 4 is 39.0 Å². The predicted molar refractivity (Wildman–Crippen MR) is 186 cm³/mol. The van der Waals surface area contributed by atoms with E-state index in [-0.39, 0.29) is 17.1 Å². The zero-order valence-electron chi connectivity index (χ0n) is 25.5. The molecule has 0 aliphatic rings. The van der Waals surface area contributed by atoms with Gasteiger partial charge in [-0.3, -0.25) is 0 Å². The van der Waals surface area contributed by atoms with E-state index >= 15 is 0 Å². The van der Waals surface area contributed by atoms with Gasteiger partial charge in [-0.15, -0.1) is 0 Å². The molecule has 0 radical (unpaired) electrons. The van der Waals surface area contributed by atoms with Crippen molar-refractivity contribution in [2.24, 2.45) is 0 Å². The summed E-state index contributed by atoms with van der Waals surface area (Å²) in [6.45, 7) is 0.621. The van der Waals surface area contributed by atoms with Crippen LogP contribution in [0.2, 0.25) is 10.0 Å². The minimum absolute atomic E-state index is 0.176. The molecule has 0 aliphatic heterocycles. The van der Waals surface area contributed by atoms with Crippen LogP contribution in [0.15, 0.2) is 126 Å². The zero-order chi connectivity index (χ0) is 33.8. The number of carboxylic acids is 1. The number of ether oxygens (including phenoxy) is 2. The molecule has 0 spiro atoms. The maximum Gasteiger partial charge on any atom is 0.335 e. The van der Waals surface area contributed by atoms with Gasteiger partial charge in [-0.05, 0) is 95.6 Å². The van der Waals surface area contributed by atoms with Gasteiger partial charge in [0.15, 0.2) is 9.84 Å². The van der Waals surface area contributed by atoms with Gasteiger partial charge in [0.05, 0.1) is 21.2 Å². The molecule has 1 N–H and O–H groups in total. The summed E-state index contributed by atoms with van der Waals surface area (Å²) in [5.41, 5.74) is 4.47. The van der Waals surface area contributed by atoms with Gasteiger partial charge < -0.3 is 19.1 Å². The van der Waals surface area contributed by atoms with Crippen LogP contribution >= 0.6 is 23.2 Å². The molecule has 6 rings (SSSR count). The van der Waals surface area contributed by atoms with E-state index in [1.807, 2.05) is 65.4 Å². The molecule has 0 aliphatic carbocycles. The SMILES string of the molecule is CS(=O)(=O)c1ccc(Oc2ccc(-c3ccc(OCc4nc(-c5ccc(Cl)cc5Cl)cn4Cc4ccc(C(=O)O)cc4)cc3)cc2)cc1. The summed E-state index contributed by atoms with van der Waals surface area (Å²) in [4.78, 5) is 16.4. The molecule has 6 aromatic rings. The van der Waals surface area contributed by atoms with Gasteiger partial charge in [-0.1, -0.05) is 59.6 Å². The number of rotatable bonds is 11. The Labute approximate surface area is 287 Å². The van der Waals surface area contributed by atoms with E-state index in [2.05, 4.69) is 0 Å². The Bertz CT molecular complexity index is 2180. The highest BCUT2D eigenvalue weighted by Gasteiger charge is 2.15. The number of imidazole rings is 1. The molecule has 0 amide bonds. The minimum Gasteiger partial charge on any atom is -0.486 e. The maximum atomic E-state index is 11.7. The second-order valence-corrected chi connectivity index (χ2v) is 13.8. The van der Waals surface area contributed by atoms with E-state index in [4.69, 9.17) is 37.7 Å². The number of nitrogens with zero attached hydrogens (tertiary/aromatic N) is 2. The fraction of sp³-hybridized carbons (Fsp3) is 0.0811. The topological polar surface area (TPSA) is 108 Å². The lowest BCUT2D eigenvalue weighted by Crippen LogP contribution is -2.08. The minimum atomic E-state index is -3.27. The molecule has 48 heavy (non-hydrogen) atoms. The molecule has 0 bridgehead atoms. The van der Waals surface area contributed by atoms with Gasteiger partial charge in [-0.25, -0.2) is 18.2 Å². The first-order chi connectivity index (χ1) is 23.0. The van der Waals surface area contributed by atoms with Crippen LogP contribution in [0, 0.1) is 0 Å². The highest BCUT2D eigenvalue weighted by atomic mass is 35.5. The first kappa shape index (κ1) is 32.8. The van der Waals surface area contributed by atoms with Gasteiger partial charge >= 0.3 is 5.97 Å². The van der Waals surface area contributed by atoms with Crippen LogP contribution in [0.1, 0.15) is 21.7 Å². The van der Waals surface area contributed by atoms with Crippen LogP contribution in [0.4, 0.5) is 0 Å². The molecule has 5 aromatic carbocycles. The summed E-state index contributed by atoms with van der Waals surface area (Å²) in [7, 11) is -3.27. The van der Waals surface area contributed by atoms with Crippen molar-refractivity contribution in [1.82, 2.24) is 9.55 Å². The third-order valence-corrected chi connectivity index (χ3v) is 9.19. The highest BCUT2D eigenvalue weighted by molar-refractivity contribution is 7.90. The molecule has 0 saturated carbocycles. The monoisotopic (exact) mass is 698 g/mol. The lowest BCUT2D eigenvalue weighted by atomic mass is 10.1. The Balaban J connectivity index is 1.15. The molecule has 1 aromatic heterocycles. The molecule has 11 heteroatoms. The number of hydrogen-bond acceptors (Lipinski definition) is 6. The molecular formula is C37H28Cl2N2O6S. The van der Waals surface area contributed by atoms with Crippen molar-refractivity contribution in [3.8, 4) is 39.6 Å². The fourth-order valence-electron chi connectivity index (χ4n) is 4.98. The Morgan fingerprint density at radius 1 is 0.792 bits per heavy atom. The molecule has 0 fully saturated rings. The number of carbonyl (C=O) groups is 1. The summed E-state index contributed by atoms with van der Waals surface area (Å²) in [5, 5.41) is 10.3. The normalized spacial score (nSPS) is 11.3. The van der Waals surface area contributed by atoms with Crippen LogP contribution in [0.5, 0.6) is 17.2 Å². The number of hydrogen-bond donors (Lipinski definition) is 1. The summed E-state index contributed by atoms with van der Waals surface area (Å²) < 4.78 is 37.4. The smallest absolute Gasteiger partial charge is 0.335 e. The van der Waals surface area contributed by atoms with Crippen molar-refractivity contribution < 1.29 is 27.8 Å². The fourth-order valence-corrected chi connectivity index (χ4v) is 6.12. The zero-order valence-corrected chi connectivity index (χ0v) is 27.8. The molecule has 1 heterocycles. The Morgan fingerprint density at radius 2 is 1.38 bits per heavy atom. The molecular weight excluding hydrogens is 671 g/mol. The highest BCUT2D eigenvalue weighted by Crippen LogP contribution is 2.31. The lowest BCUT2D eigenvalue weighted by Gasteiger charge is -2.11. The van der Waals surface area contributed by atoms with Gasteiger partial charge in [0.25, 0.3) is 0 Å². The average molecular weight is 700 g/mol. The van der Waals surface area contributed by atoms with Crippen LogP contribution in [0.3, 0.4) is 0 Å². The van der Waals surface area contributed by atoms with Crippen molar-refractivity contribution in [2.45, 2.75) is 18.0 Å². The van der Waals surface area contributed by atoms with E-state index in [0.717, 1.165) is 22.3 Å². The summed E-state index contributed by atoms with van der Waals surface area (Å²) in [6.07, 6.45) is 3.06. The van der Waals surface area contributed by atoms with Crippen LogP contribution in [-0.4, -0.2) is 35.3 Å². The second-order valence-electron chi connectivity index (χ2n) is 11.0. The van der Waals surface area contributed by atoms with Gasteiger partial charge in [-0.2, -0.15) is 0 Å². The molecule has 242 valence electrons. The summed E-state index contributed by atoms with van der Waals surface area (Å²) in [6, 6.07) is 33.5. The van der Waals surface area contributed by atoms with Crippen LogP contribution in [0.25, 0.3) is 22.4 Å². The molecule has 0 atom stereocenters. The average Bonchev–Trinajstić information content (AvgIpc) is 3.46. The van der Waals surface area contributed by atoms with E-state index in [9.17, 15) is 18.3 Å². The number of aromatic carboxylic acids is 1. The number of sulfone groups is 1. The van der Waals surface area contributed by atoms with Gasteiger partial charge in [0, 0.05) is 29.6 Å². The number of carboxylic acid groups (broad SMARTS) is 1. The second kappa shape index (κ2) is 13.9. The maximum absolute atomic E-state index is 11.7. The molecule has 8 nitrogen and oxygen atoms in total. The number of halogens is 2. The van der Waals surface area contributed by atoms with Crippen molar-refractivity contribution in [3.05, 3.63) is 148 Å². The molecule has 0 saturated heterocycles. The third-order valence-electron chi connectivity index (χ3n) is 7.52. The first-order valence-corrected chi connectivity index (χ1v) is 17.3. The number of benzene rings is 5. The summed E-state index contributed by atoms with van der Waals surface area (Å²) >= 11 is 12.6. The lowest BCUT2D eigenvalue weighted by molar-refractivity contribution is 0.0697. The van der Waals surface area contributed by atoms with E-state index in [1.165, 1.54) is 18.4 Å².